The fourth-order valence-corrected chi connectivity index (χ4v) is 2.51. The second-order valence-corrected chi connectivity index (χ2v) is 5.56. The Morgan fingerprint density at radius 2 is 1.67 bits per heavy atom. The first kappa shape index (κ1) is 16.0. The van der Waals surface area contributed by atoms with Crippen molar-refractivity contribution in [2.24, 2.45) is 0 Å². The van der Waals surface area contributed by atoms with Gasteiger partial charge in [-0.05, 0) is 23.8 Å². The summed E-state index contributed by atoms with van der Waals surface area (Å²) in [5.74, 6) is -0.661. The molecule has 1 aromatic heterocycles. The number of aromatic nitrogens is 1. The van der Waals surface area contributed by atoms with Crippen LogP contribution in [0.15, 0.2) is 71.5 Å². The van der Waals surface area contributed by atoms with E-state index >= 15 is 0 Å². The average molecular weight is 340 g/mol. The van der Waals surface area contributed by atoms with Crippen LogP contribution in [0.3, 0.4) is 0 Å². The van der Waals surface area contributed by atoms with Crippen LogP contribution in [0.5, 0.6) is 0 Å². The zero-order chi connectivity index (χ0) is 16.9. The van der Waals surface area contributed by atoms with Crippen molar-refractivity contribution in [3.05, 3.63) is 93.2 Å². The molecule has 0 saturated carbocycles. The number of hydrogen-bond donors (Lipinski definition) is 1. The maximum atomic E-state index is 12.2. The summed E-state index contributed by atoms with van der Waals surface area (Å²) in [5, 5.41) is 0.521. The van der Waals surface area contributed by atoms with E-state index in [1.807, 2.05) is 36.4 Å². The van der Waals surface area contributed by atoms with Gasteiger partial charge in [-0.3, -0.25) is 4.79 Å². The number of H-pyrrole nitrogens is 1. The lowest BCUT2D eigenvalue weighted by Gasteiger charge is -2.07. The molecule has 0 bridgehead atoms. The van der Waals surface area contributed by atoms with E-state index in [0.29, 0.717) is 16.3 Å². The fraction of sp³-hybridized carbons (Fsp3) is 0.0526. The van der Waals surface area contributed by atoms with Crippen LogP contribution >= 0.6 is 11.6 Å². The first-order chi connectivity index (χ1) is 11.6. The molecule has 0 radical (unpaired) electrons. The van der Waals surface area contributed by atoms with Gasteiger partial charge in [-0.2, -0.15) is 0 Å². The summed E-state index contributed by atoms with van der Waals surface area (Å²) in [5.41, 5.74) is 1.55. The molecular formula is C19H14ClNO3. The largest absolute Gasteiger partial charge is 0.457 e. The maximum Gasteiger partial charge on any atom is 0.344 e. The molecule has 0 unspecified atom stereocenters. The molecule has 1 heterocycles. The second-order valence-electron chi connectivity index (χ2n) is 5.16. The minimum Gasteiger partial charge on any atom is -0.457 e. The topological polar surface area (TPSA) is 59.2 Å². The Kier molecular flexibility index (Phi) is 4.77. The van der Waals surface area contributed by atoms with Crippen LogP contribution in [-0.4, -0.2) is 11.0 Å². The molecule has 1 N–H and O–H groups in total. The lowest BCUT2D eigenvalue weighted by molar-refractivity contribution is 0.0470. The van der Waals surface area contributed by atoms with Gasteiger partial charge >= 0.3 is 5.97 Å². The molecule has 0 fully saturated rings. The van der Waals surface area contributed by atoms with Gasteiger partial charge in [-0.15, -0.1) is 0 Å². The maximum absolute atomic E-state index is 12.2. The molecule has 5 heteroatoms. The van der Waals surface area contributed by atoms with Crippen LogP contribution in [0.4, 0.5) is 0 Å². The molecule has 24 heavy (non-hydrogen) atoms. The van der Waals surface area contributed by atoms with E-state index in [-0.39, 0.29) is 12.2 Å². The number of nitrogens with one attached hydrogen (secondary N) is 1. The summed E-state index contributed by atoms with van der Waals surface area (Å²) >= 11 is 6.12. The number of carbonyl (C=O) groups excluding carboxylic acids is 1. The standard InChI is InChI=1S/C19H14ClNO3/c20-16-9-5-4-8-14(16)17-11-10-15(18(22)21-17)19(23)24-12-13-6-2-1-3-7-13/h1-11H,12H2,(H,21,22). The molecule has 0 amide bonds. The van der Waals surface area contributed by atoms with Gasteiger partial charge in [0.25, 0.3) is 5.56 Å². The molecule has 0 aliphatic heterocycles. The number of ether oxygens (including phenoxy) is 1. The number of benzene rings is 2. The fourth-order valence-electron chi connectivity index (χ4n) is 2.27. The third kappa shape index (κ3) is 3.55. The highest BCUT2D eigenvalue weighted by Crippen LogP contribution is 2.25. The van der Waals surface area contributed by atoms with E-state index in [1.165, 1.54) is 6.07 Å². The van der Waals surface area contributed by atoms with E-state index in [2.05, 4.69) is 4.98 Å². The van der Waals surface area contributed by atoms with Crippen molar-refractivity contribution in [2.45, 2.75) is 6.61 Å². The quantitative estimate of drug-likeness (QED) is 0.729. The van der Waals surface area contributed by atoms with Crippen molar-refractivity contribution >= 4 is 17.6 Å². The van der Waals surface area contributed by atoms with Crippen molar-refractivity contribution in [1.29, 1.82) is 0 Å². The number of esters is 1. The van der Waals surface area contributed by atoms with E-state index in [4.69, 9.17) is 16.3 Å². The normalized spacial score (nSPS) is 10.4. The van der Waals surface area contributed by atoms with Crippen molar-refractivity contribution in [3.8, 4) is 11.3 Å². The van der Waals surface area contributed by atoms with Gasteiger partial charge in [0.1, 0.15) is 12.2 Å². The van der Waals surface area contributed by atoms with Gasteiger partial charge in [-0.25, -0.2) is 4.79 Å². The van der Waals surface area contributed by atoms with Crippen LogP contribution in [0.2, 0.25) is 5.02 Å². The van der Waals surface area contributed by atoms with Gasteiger partial charge in [0.15, 0.2) is 0 Å². The number of carbonyl (C=O) groups is 1. The lowest BCUT2D eigenvalue weighted by atomic mass is 10.1. The number of hydrogen-bond acceptors (Lipinski definition) is 3. The number of aromatic amines is 1. The Morgan fingerprint density at radius 1 is 0.958 bits per heavy atom. The predicted octanol–water partition coefficient (Wildman–Crippen LogP) is 4.05. The minimum absolute atomic E-state index is 0.0401. The van der Waals surface area contributed by atoms with Crippen molar-refractivity contribution in [2.75, 3.05) is 0 Å². The van der Waals surface area contributed by atoms with Gasteiger partial charge in [0.05, 0.1) is 0 Å². The summed E-state index contributed by atoms with van der Waals surface area (Å²) in [6, 6.07) is 19.5. The molecule has 0 aliphatic rings. The minimum atomic E-state index is -0.661. The Bertz CT molecular complexity index is 919. The first-order valence-electron chi connectivity index (χ1n) is 7.34. The first-order valence-corrected chi connectivity index (χ1v) is 7.72. The summed E-state index contributed by atoms with van der Waals surface area (Å²) in [6.07, 6.45) is 0. The molecule has 120 valence electrons. The molecule has 3 aromatic rings. The zero-order valence-electron chi connectivity index (χ0n) is 12.7. The van der Waals surface area contributed by atoms with Crippen molar-refractivity contribution in [1.82, 2.24) is 4.98 Å². The SMILES string of the molecule is O=C(OCc1ccccc1)c1ccc(-c2ccccc2Cl)[nH]c1=O. The summed E-state index contributed by atoms with van der Waals surface area (Å²) in [6.45, 7) is 0.116. The van der Waals surface area contributed by atoms with Gasteiger partial charge in [0.2, 0.25) is 0 Å². The van der Waals surface area contributed by atoms with E-state index in [1.54, 1.807) is 24.3 Å². The van der Waals surface area contributed by atoms with E-state index in [9.17, 15) is 9.59 Å². The molecular weight excluding hydrogens is 326 g/mol. The van der Waals surface area contributed by atoms with Crippen LogP contribution in [-0.2, 0) is 11.3 Å². The Morgan fingerprint density at radius 3 is 2.38 bits per heavy atom. The highest BCUT2D eigenvalue weighted by atomic mass is 35.5. The monoisotopic (exact) mass is 339 g/mol. The molecule has 0 aliphatic carbocycles. The Labute approximate surface area is 143 Å². The Hall–Kier alpha value is -2.85. The number of halogens is 1. The second kappa shape index (κ2) is 7.15. The highest BCUT2D eigenvalue weighted by molar-refractivity contribution is 6.33. The van der Waals surface area contributed by atoms with Gasteiger partial charge < -0.3 is 9.72 Å². The number of pyridine rings is 1. The molecule has 0 atom stereocenters. The van der Waals surface area contributed by atoms with Crippen LogP contribution in [0.25, 0.3) is 11.3 Å². The highest BCUT2D eigenvalue weighted by Gasteiger charge is 2.14. The van der Waals surface area contributed by atoms with Crippen LogP contribution < -0.4 is 5.56 Å². The third-order valence-corrected chi connectivity index (χ3v) is 3.84. The molecule has 2 aromatic carbocycles. The summed E-state index contributed by atoms with van der Waals surface area (Å²) < 4.78 is 5.18. The third-order valence-electron chi connectivity index (χ3n) is 3.51. The predicted molar refractivity (Wildman–Crippen MR) is 93.1 cm³/mol. The molecule has 4 nitrogen and oxygen atoms in total. The molecule has 0 saturated heterocycles. The zero-order valence-corrected chi connectivity index (χ0v) is 13.4. The average Bonchev–Trinajstić information content (AvgIpc) is 2.61. The van der Waals surface area contributed by atoms with Crippen molar-refractivity contribution < 1.29 is 9.53 Å². The Balaban J connectivity index is 1.79. The summed E-state index contributed by atoms with van der Waals surface area (Å²) in [7, 11) is 0. The lowest BCUT2D eigenvalue weighted by Crippen LogP contribution is -2.19. The van der Waals surface area contributed by atoms with Gasteiger partial charge in [-0.1, -0.05) is 60.1 Å². The van der Waals surface area contributed by atoms with Crippen LogP contribution in [0, 0.1) is 0 Å². The smallest absolute Gasteiger partial charge is 0.344 e. The molecule has 3 rings (SSSR count). The van der Waals surface area contributed by atoms with Gasteiger partial charge in [0, 0.05) is 16.3 Å². The van der Waals surface area contributed by atoms with E-state index in [0.717, 1.165) is 5.56 Å². The number of rotatable bonds is 4. The van der Waals surface area contributed by atoms with E-state index < -0.39 is 11.5 Å². The van der Waals surface area contributed by atoms with Crippen LogP contribution in [0.1, 0.15) is 15.9 Å². The van der Waals surface area contributed by atoms with Crippen molar-refractivity contribution in [3.63, 3.8) is 0 Å². The summed E-state index contributed by atoms with van der Waals surface area (Å²) in [4.78, 5) is 26.9. The molecule has 0 spiro atoms.